The van der Waals surface area contributed by atoms with Gasteiger partial charge in [-0.05, 0) is 30.2 Å². The smallest absolute Gasteiger partial charge is 0.407 e. The van der Waals surface area contributed by atoms with Crippen LogP contribution in [0.4, 0.5) is 4.79 Å². The molecule has 1 saturated heterocycles. The van der Waals surface area contributed by atoms with Crippen molar-refractivity contribution in [3.05, 3.63) is 35.9 Å². The first-order valence-electron chi connectivity index (χ1n) is 6.58. The third kappa shape index (κ3) is 1.61. The Labute approximate surface area is 112 Å². The topological polar surface area (TPSA) is 64.3 Å². The molecule has 2 fully saturated rings. The maximum atomic E-state index is 10.9. The molecule has 4 nitrogen and oxygen atoms in total. The van der Waals surface area contributed by atoms with E-state index in [-0.39, 0.29) is 5.41 Å². The molecular weight excluding hydrogens is 240 g/mol. The number of amides is 1. The first-order valence-corrected chi connectivity index (χ1v) is 6.58. The van der Waals surface area contributed by atoms with Crippen molar-refractivity contribution >= 4 is 6.09 Å². The standard InChI is InChI=1S/C15H16N2O2/c16-11-15(12-4-2-1-3-5-12)10-14(15)6-8-17(9-7-14)13(18)19/h1-5H,6-10H2,(H,18,19). The van der Waals surface area contributed by atoms with Gasteiger partial charge in [-0.2, -0.15) is 5.26 Å². The Hall–Kier alpha value is -2.02. The van der Waals surface area contributed by atoms with Gasteiger partial charge in [-0.1, -0.05) is 30.3 Å². The molecule has 1 atom stereocenters. The average molecular weight is 256 g/mol. The summed E-state index contributed by atoms with van der Waals surface area (Å²) in [6.07, 6.45) is 1.61. The summed E-state index contributed by atoms with van der Waals surface area (Å²) in [5, 5.41) is 18.6. The van der Waals surface area contributed by atoms with Gasteiger partial charge in [0.25, 0.3) is 0 Å². The highest BCUT2D eigenvalue weighted by Crippen LogP contribution is 2.69. The third-order valence-electron chi connectivity index (χ3n) is 4.83. The number of hydrogen-bond donors (Lipinski definition) is 1. The molecule has 1 amide bonds. The molecule has 0 aromatic heterocycles. The van der Waals surface area contributed by atoms with Crippen LogP contribution in [-0.2, 0) is 5.41 Å². The van der Waals surface area contributed by atoms with Gasteiger partial charge in [-0.25, -0.2) is 4.79 Å². The van der Waals surface area contributed by atoms with Crippen LogP contribution in [0.25, 0.3) is 0 Å². The number of benzene rings is 1. The van der Waals surface area contributed by atoms with Crippen LogP contribution in [0.1, 0.15) is 24.8 Å². The molecule has 4 heteroatoms. The van der Waals surface area contributed by atoms with Gasteiger partial charge in [0.15, 0.2) is 0 Å². The first kappa shape index (κ1) is 12.0. The second-order valence-electron chi connectivity index (χ2n) is 5.61. The fraction of sp³-hybridized carbons (Fsp3) is 0.467. The van der Waals surface area contributed by atoms with Crippen LogP contribution < -0.4 is 0 Å². The zero-order valence-corrected chi connectivity index (χ0v) is 10.7. The zero-order chi connectivity index (χ0) is 13.5. The summed E-state index contributed by atoms with van der Waals surface area (Å²) in [4.78, 5) is 12.4. The van der Waals surface area contributed by atoms with Crippen molar-refractivity contribution in [2.24, 2.45) is 5.41 Å². The van der Waals surface area contributed by atoms with Gasteiger partial charge in [0.2, 0.25) is 0 Å². The summed E-state index contributed by atoms with van der Waals surface area (Å²) in [6, 6.07) is 12.4. The Balaban J connectivity index is 1.83. The molecule has 1 heterocycles. The van der Waals surface area contributed by atoms with Crippen LogP contribution in [0, 0.1) is 16.7 Å². The molecule has 1 N–H and O–H groups in total. The van der Waals surface area contributed by atoms with E-state index in [4.69, 9.17) is 5.11 Å². The van der Waals surface area contributed by atoms with E-state index in [1.165, 1.54) is 4.90 Å². The first-order chi connectivity index (χ1) is 9.13. The van der Waals surface area contributed by atoms with Crippen LogP contribution >= 0.6 is 0 Å². The minimum atomic E-state index is -0.849. The normalized spacial score (nSPS) is 27.8. The Morgan fingerprint density at radius 1 is 1.26 bits per heavy atom. The molecule has 0 radical (unpaired) electrons. The van der Waals surface area contributed by atoms with E-state index < -0.39 is 11.5 Å². The molecule has 1 saturated carbocycles. The Kier molecular flexibility index (Phi) is 2.53. The molecule has 1 aromatic carbocycles. The summed E-state index contributed by atoms with van der Waals surface area (Å²) in [7, 11) is 0. The highest BCUT2D eigenvalue weighted by atomic mass is 16.4. The van der Waals surface area contributed by atoms with Gasteiger partial charge in [0.1, 0.15) is 0 Å². The molecule has 1 aliphatic heterocycles. The van der Waals surface area contributed by atoms with E-state index in [0.717, 1.165) is 24.8 Å². The van der Waals surface area contributed by atoms with Crippen molar-refractivity contribution in [3.63, 3.8) is 0 Å². The highest BCUT2D eigenvalue weighted by Gasteiger charge is 2.69. The lowest BCUT2D eigenvalue weighted by molar-refractivity contribution is 0.117. The van der Waals surface area contributed by atoms with E-state index >= 15 is 0 Å². The lowest BCUT2D eigenvalue weighted by atomic mass is 9.81. The minimum absolute atomic E-state index is 0.00491. The van der Waals surface area contributed by atoms with Crippen LogP contribution in [0.5, 0.6) is 0 Å². The summed E-state index contributed by atoms with van der Waals surface area (Å²) in [6.45, 7) is 1.09. The van der Waals surface area contributed by atoms with E-state index in [0.29, 0.717) is 13.1 Å². The summed E-state index contributed by atoms with van der Waals surface area (Å²) in [5.41, 5.74) is 0.690. The highest BCUT2D eigenvalue weighted by molar-refractivity contribution is 5.65. The fourth-order valence-electron chi connectivity index (χ4n) is 3.55. The maximum Gasteiger partial charge on any atom is 0.407 e. The molecule has 19 heavy (non-hydrogen) atoms. The van der Waals surface area contributed by atoms with E-state index in [1.807, 2.05) is 30.3 Å². The van der Waals surface area contributed by atoms with Crippen molar-refractivity contribution in [1.82, 2.24) is 4.90 Å². The molecule has 0 bridgehead atoms. The fourth-order valence-corrected chi connectivity index (χ4v) is 3.55. The van der Waals surface area contributed by atoms with Crippen LogP contribution in [0.15, 0.2) is 30.3 Å². The lowest BCUT2D eigenvalue weighted by Gasteiger charge is -2.32. The maximum absolute atomic E-state index is 10.9. The summed E-state index contributed by atoms with van der Waals surface area (Å²) < 4.78 is 0. The average Bonchev–Trinajstić information content (AvgIpc) is 3.09. The van der Waals surface area contributed by atoms with Gasteiger partial charge in [0.05, 0.1) is 11.5 Å². The largest absolute Gasteiger partial charge is 0.465 e. The van der Waals surface area contributed by atoms with E-state index in [9.17, 15) is 10.1 Å². The van der Waals surface area contributed by atoms with Crippen molar-refractivity contribution in [1.29, 1.82) is 5.26 Å². The molecule has 2 aliphatic rings. The van der Waals surface area contributed by atoms with E-state index in [1.54, 1.807) is 0 Å². The van der Waals surface area contributed by atoms with Crippen molar-refractivity contribution in [2.45, 2.75) is 24.7 Å². The Bertz CT molecular complexity index is 541. The van der Waals surface area contributed by atoms with Crippen molar-refractivity contribution < 1.29 is 9.90 Å². The number of carbonyl (C=O) groups is 1. The molecule has 98 valence electrons. The number of carboxylic acid groups (broad SMARTS) is 1. The van der Waals surface area contributed by atoms with Gasteiger partial charge >= 0.3 is 6.09 Å². The van der Waals surface area contributed by atoms with Crippen LogP contribution in [-0.4, -0.2) is 29.2 Å². The van der Waals surface area contributed by atoms with Gasteiger partial charge in [0, 0.05) is 13.1 Å². The predicted octanol–water partition coefficient (Wildman–Crippen LogP) is 2.61. The third-order valence-corrected chi connectivity index (χ3v) is 4.83. The molecule has 1 aromatic rings. The lowest BCUT2D eigenvalue weighted by Crippen LogP contribution is -2.40. The van der Waals surface area contributed by atoms with Crippen molar-refractivity contribution in [3.8, 4) is 6.07 Å². The summed E-state index contributed by atoms with van der Waals surface area (Å²) >= 11 is 0. The zero-order valence-electron chi connectivity index (χ0n) is 10.7. The monoisotopic (exact) mass is 256 g/mol. The SMILES string of the molecule is N#CC1(c2ccccc2)CC12CCN(C(=O)O)CC2. The predicted molar refractivity (Wildman–Crippen MR) is 69.6 cm³/mol. The number of likely N-dealkylation sites (tertiary alicyclic amines) is 1. The molecule has 1 spiro atoms. The van der Waals surface area contributed by atoms with Crippen LogP contribution in [0.2, 0.25) is 0 Å². The molecule has 3 rings (SSSR count). The van der Waals surface area contributed by atoms with Crippen molar-refractivity contribution in [2.75, 3.05) is 13.1 Å². The molecule has 1 aliphatic carbocycles. The number of nitrogens with zero attached hydrogens (tertiary/aromatic N) is 2. The second kappa shape index (κ2) is 3.99. The summed E-state index contributed by atoms with van der Waals surface area (Å²) in [5.74, 6) is 0. The second-order valence-corrected chi connectivity index (χ2v) is 5.61. The van der Waals surface area contributed by atoms with Crippen LogP contribution in [0.3, 0.4) is 0 Å². The Morgan fingerprint density at radius 3 is 2.42 bits per heavy atom. The Morgan fingerprint density at radius 2 is 1.89 bits per heavy atom. The van der Waals surface area contributed by atoms with Gasteiger partial charge in [-0.15, -0.1) is 0 Å². The number of nitriles is 1. The number of hydrogen-bond acceptors (Lipinski definition) is 2. The van der Waals surface area contributed by atoms with Gasteiger partial charge in [-0.3, -0.25) is 0 Å². The molecular formula is C15H16N2O2. The quantitative estimate of drug-likeness (QED) is 0.840. The number of rotatable bonds is 1. The molecule has 1 unspecified atom stereocenters. The van der Waals surface area contributed by atoms with Gasteiger partial charge < -0.3 is 10.0 Å². The number of piperidine rings is 1. The minimum Gasteiger partial charge on any atom is -0.465 e. The van der Waals surface area contributed by atoms with E-state index in [2.05, 4.69) is 6.07 Å².